The summed E-state index contributed by atoms with van der Waals surface area (Å²) in [7, 11) is 0. The molecule has 23 heavy (non-hydrogen) atoms. The van der Waals surface area contributed by atoms with Gasteiger partial charge in [0.1, 0.15) is 5.65 Å². The van der Waals surface area contributed by atoms with Crippen LogP contribution in [0.15, 0.2) is 42.6 Å². The Bertz CT molecular complexity index is 945. The maximum atomic E-state index is 10.9. The molecule has 0 unspecified atom stereocenters. The molecule has 3 aromatic rings. The number of imidazole rings is 1. The largest absolute Gasteiger partial charge is 0.478 e. The highest BCUT2D eigenvalue weighted by molar-refractivity contribution is 6.42. The van der Waals surface area contributed by atoms with Gasteiger partial charge >= 0.3 is 5.97 Å². The monoisotopic (exact) mass is 346 g/mol. The lowest BCUT2D eigenvalue weighted by Gasteiger charge is -2.03. The van der Waals surface area contributed by atoms with Crippen LogP contribution in [0.25, 0.3) is 23.0 Å². The first kappa shape index (κ1) is 15.6. The maximum absolute atomic E-state index is 10.9. The number of benzene rings is 1. The average molecular weight is 347 g/mol. The third kappa shape index (κ3) is 3.09. The Labute approximate surface area is 142 Å². The molecule has 0 atom stereocenters. The van der Waals surface area contributed by atoms with Crippen molar-refractivity contribution in [2.45, 2.75) is 6.92 Å². The number of fused-ring (bicyclic) bond motifs is 1. The van der Waals surface area contributed by atoms with Crippen molar-refractivity contribution in [1.82, 2.24) is 9.38 Å². The molecule has 2 heterocycles. The number of hydrogen-bond acceptors (Lipinski definition) is 2. The molecule has 0 fully saturated rings. The van der Waals surface area contributed by atoms with Crippen molar-refractivity contribution in [2.24, 2.45) is 0 Å². The van der Waals surface area contributed by atoms with Gasteiger partial charge in [-0.2, -0.15) is 0 Å². The summed E-state index contributed by atoms with van der Waals surface area (Å²) in [4.78, 5) is 15.5. The summed E-state index contributed by atoms with van der Waals surface area (Å²) in [6, 6.07) is 9.08. The molecule has 0 radical (unpaired) electrons. The molecule has 0 spiro atoms. The average Bonchev–Trinajstić information content (AvgIpc) is 2.85. The normalized spacial score (nSPS) is 11.4. The fourth-order valence-corrected chi connectivity index (χ4v) is 2.63. The van der Waals surface area contributed by atoms with Crippen molar-refractivity contribution in [3.05, 3.63) is 63.9 Å². The number of pyridine rings is 1. The molecule has 1 N–H and O–H groups in total. The number of carbonyl (C=O) groups is 1. The molecule has 4 nitrogen and oxygen atoms in total. The fourth-order valence-electron chi connectivity index (χ4n) is 2.33. The molecule has 116 valence electrons. The SMILES string of the molecule is Cc1ccn2c(/C=C/C(=O)O)c(-c3ccc(Cl)c(Cl)c3)nc2c1. The first-order valence-corrected chi connectivity index (χ1v) is 7.56. The van der Waals surface area contributed by atoms with E-state index in [0.717, 1.165) is 22.9 Å². The van der Waals surface area contributed by atoms with Crippen LogP contribution in [0.4, 0.5) is 0 Å². The number of aliphatic carboxylic acids is 1. The van der Waals surface area contributed by atoms with Crippen LogP contribution >= 0.6 is 23.2 Å². The predicted molar refractivity (Wildman–Crippen MR) is 92.1 cm³/mol. The summed E-state index contributed by atoms with van der Waals surface area (Å²) in [6.45, 7) is 1.97. The lowest BCUT2D eigenvalue weighted by molar-refractivity contribution is -0.131. The van der Waals surface area contributed by atoms with E-state index in [-0.39, 0.29) is 0 Å². The van der Waals surface area contributed by atoms with E-state index < -0.39 is 5.97 Å². The molecule has 3 rings (SSSR count). The smallest absolute Gasteiger partial charge is 0.328 e. The van der Waals surface area contributed by atoms with Gasteiger partial charge < -0.3 is 5.11 Å². The molecule has 0 amide bonds. The van der Waals surface area contributed by atoms with Gasteiger partial charge in [0.2, 0.25) is 0 Å². The summed E-state index contributed by atoms with van der Waals surface area (Å²) >= 11 is 12.0. The fraction of sp³-hybridized carbons (Fsp3) is 0.0588. The summed E-state index contributed by atoms with van der Waals surface area (Å²) in [6.07, 6.45) is 4.47. The third-order valence-electron chi connectivity index (χ3n) is 3.40. The Kier molecular flexibility index (Phi) is 4.11. The lowest BCUT2D eigenvalue weighted by atomic mass is 10.1. The molecular weight excluding hydrogens is 335 g/mol. The first-order chi connectivity index (χ1) is 11.0. The van der Waals surface area contributed by atoms with E-state index in [1.54, 1.807) is 18.2 Å². The highest BCUT2D eigenvalue weighted by Crippen LogP contribution is 2.31. The lowest BCUT2D eigenvalue weighted by Crippen LogP contribution is -1.91. The van der Waals surface area contributed by atoms with Gasteiger partial charge in [0, 0.05) is 17.8 Å². The molecule has 0 saturated heterocycles. The van der Waals surface area contributed by atoms with Crippen LogP contribution < -0.4 is 0 Å². The van der Waals surface area contributed by atoms with Crippen molar-refractivity contribution >= 4 is 40.9 Å². The van der Waals surface area contributed by atoms with Gasteiger partial charge in [-0.05, 0) is 42.8 Å². The van der Waals surface area contributed by atoms with E-state index in [9.17, 15) is 4.79 Å². The summed E-state index contributed by atoms with van der Waals surface area (Å²) in [5.41, 5.74) is 3.88. The molecule has 2 aromatic heterocycles. The second kappa shape index (κ2) is 6.07. The Morgan fingerprint density at radius 1 is 1.22 bits per heavy atom. The minimum absolute atomic E-state index is 0.422. The molecule has 0 saturated carbocycles. The summed E-state index contributed by atoms with van der Waals surface area (Å²) in [5, 5.41) is 9.79. The number of carboxylic acids is 1. The number of aryl methyl sites for hydroxylation is 1. The van der Waals surface area contributed by atoms with Crippen LogP contribution in [0.1, 0.15) is 11.3 Å². The molecule has 6 heteroatoms. The number of hydrogen-bond donors (Lipinski definition) is 1. The Hall–Kier alpha value is -2.30. The number of aromatic nitrogens is 2. The van der Waals surface area contributed by atoms with Gasteiger partial charge in [-0.15, -0.1) is 0 Å². The molecule has 0 aliphatic rings. The molecule has 0 bridgehead atoms. The van der Waals surface area contributed by atoms with Crippen molar-refractivity contribution < 1.29 is 9.90 Å². The summed E-state index contributed by atoms with van der Waals surface area (Å²) < 4.78 is 1.84. The number of halogens is 2. The second-order valence-electron chi connectivity index (χ2n) is 5.08. The molecule has 1 aromatic carbocycles. The zero-order chi connectivity index (χ0) is 16.6. The van der Waals surface area contributed by atoms with Crippen molar-refractivity contribution in [3.63, 3.8) is 0 Å². The first-order valence-electron chi connectivity index (χ1n) is 6.81. The quantitative estimate of drug-likeness (QED) is 0.698. The zero-order valence-electron chi connectivity index (χ0n) is 12.1. The van der Waals surface area contributed by atoms with E-state index in [0.29, 0.717) is 21.4 Å². The highest BCUT2D eigenvalue weighted by Gasteiger charge is 2.13. The number of rotatable bonds is 3. The van der Waals surface area contributed by atoms with E-state index in [4.69, 9.17) is 28.3 Å². The molecular formula is C17H12Cl2N2O2. The minimum atomic E-state index is -1.02. The Morgan fingerprint density at radius 2 is 2.00 bits per heavy atom. The Balaban J connectivity index is 2.27. The van der Waals surface area contributed by atoms with Crippen LogP contribution in [-0.2, 0) is 4.79 Å². The number of nitrogens with zero attached hydrogens (tertiary/aromatic N) is 2. The predicted octanol–water partition coefficient (Wildman–Crippen LogP) is 4.71. The van der Waals surface area contributed by atoms with E-state index >= 15 is 0 Å². The maximum Gasteiger partial charge on any atom is 0.328 e. The zero-order valence-corrected chi connectivity index (χ0v) is 13.6. The highest BCUT2D eigenvalue weighted by atomic mass is 35.5. The molecule has 0 aliphatic carbocycles. The number of carboxylic acid groups (broad SMARTS) is 1. The van der Waals surface area contributed by atoms with Crippen LogP contribution in [0.5, 0.6) is 0 Å². The van der Waals surface area contributed by atoms with Gasteiger partial charge in [-0.3, -0.25) is 4.40 Å². The van der Waals surface area contributed by atoms with Crippen LogP contribution in [0, 0.1) is 6.92 Å². The van der Waals surface area contributed by atoms with Crippen molar-refractivity contribution in [3.8, 4) is 11.3 Å². The van der Waals surface area contributed by atoms with Crippen LogP contribution in [0.3, 0.4) is 0 Å². The van der Waals surface area contributed by atoms with Crippen molar-refractivity contribution in [2.75, 3.05) is 0 Å². The van der Waals surface area contributed by atoms with E-state index in [1.807, 2.05) is 29.7 Å². The minimum Gasteiger partial charge on any atom is -0.478 e. The van der Waals surface area contributed by atoms with Crippen LogP contribution in [-0.4, -0.2) is 20.5 Å². The third-order valence-corrected chi connectivity index (χ3v) is 4.13. The van der Waals surface area contributed by atoms with Gasteiger partial charge in [0.05, 0.1) is 21.4 Å². The van der Waals surface area contributed by atoms with Gasteiger partial charge in [-0.1, -0.05) is 29.3 Å². The van der Waals surface area contributed by atoms with Gasteiger partial charge in [0.25, 0.3) is 0 Å². The molecule has 0 aliphatic heterocycles. The van der Waals surface area contributed by atoms with Crippen molar-refractivity contribution in [1.29, 1.82) is 0 Å². The second-order valence-corrected chi connectivity index (χ2v) is 5.89. The van der Waals surface area contributed by atoms with Gasteiger partial charge in [-0.25, -0.2) is 9.78 Å². The standard InChI is InChI=1S/C17H12Cl2N2O2/c1-10-6-7-21-14(4-5-16(22)23)17(20-15(21)8-10)11-2-3-12(18)13(19)9-11/h2-9H,1H3,(H,22,23)/b5-4+. The Morgan fingerprint density at radius 3 is 2.70 bits per heavy atom. The topological polar surface area (TPSA) is 54.6 Å². The van der Waals surface area contributed by atoms with Gasteiger partial charge in [0.15, 0.2) is 0 Å². The van der Waals surface area contributed by atoms with Crippen LogP contribution in [0.2, 0.25) is 10.0 Å². The summed E-state index contributed by atoms with van der Waals surface area (Å²) in [5.74, 6) is -1.02. The van der Waals surface area contributed by atoms with E-state index in [2.05, 4.69) is 4.98 Å². The van der Waals surface area contributed by atoms with E-state index in [1.165, 1.54) is 6.08 Å².